The van der Waals surface area contributed by atoms with Gasteiger partial charge in [0.05, 0.1) is 5.75 Å². The maximum absolute atomic E-state index is 10.8. The van der Waals surface area contributed by atoms with Crippen LogP contribution in [0.1, 0.15) is 25.5 Å². The van der Waals surface area contributed by atoms with Gasteiger partial charge in [-0.05, 0) is 43.7 Å². The van der Waals surface area contributed by atoms with E-state index in [1.165, 1.54) is 24.6 Å². The van der Waals surface area contributed by atoms with Gasteiger partial charge in [0, 0.05) is 12.2 Å². The van der Waals surface area contributed by atoms with Gasteiger partial charge in [-0.25, -0.2) is 9.97 Å². The van der Waals surface area contributed by atoms with E-state index in [4.69, 9.17) is 5.11 Å². The highest BCUT2D eigenvalue weighted by atomic mass is 32.2. The van der Waals surface area contributed by atoms with Crippen molar-refractivity contribution in [3.63, 3.8) is 0 Å². The van der Waals surface area contributed by atoms with Crippen LogP contribution in [0.3, 0.4) is 0 Å². The average molecular weight is 305 g/mol. The summed E-state index contributed by atoms with van der Waals surface area (Å²) >= 11 is 1.27. The summed E-state index contributed by atoms with van der Waals surface area (Å²) in [5.74, 6) is 0.580. The first-order valence-corrected chi connectivity index (χ1v) is 8.21. The van der Waals surface area contributed by atoms with Crippen LogP contribution in [0.4, 0.5) is 0 Å². The predicted molar refractivity (Wildman–Crippen MR) is 82.5 cm³/mol. The Bertz CT molecular complexity index is 679. The van der Waals surface area contributed by atoms with Crippen LogP contribution < -0.4 is 0 Å². The Labute approximate surface area is 127 Å². The van der Waals surface area contributed by atoms with Crippen LogP contribution in [0.15, 0.2) is 17.3 Å². The van der Waals surface area contributed by atoms with Crippen LogP contribution >= 0.6 is 11.8 Å². The van der Waals surface area contributed by atoms with Crippen LogP contribution in [-0.2, 0) is 11.3 Å². The number of hydrogen-bond donors (Lipinski definition) is 1. The van der Waals surface area contributed by atoms with E-state index >= 15 is 0 Å². The van der Waals surface area contributed by atoms with Gasteiger partial charge in [-0.2, -0.15) is 0 Å². The van der Waals surface area contributed by atoms with Crippen molar-refractivity contribution in [3.8, 4) is 0 Å². The molecule has 1 aliphatic rings. The Morgan fingerprint density at radius 1 is 1.48 bits per heavy atom. The van der Waals surface area contributed by atoms with Gasteiger partial charge in [0.25, 0.3) is 0 Å². The lowest BCUT2D eigenvalue weighted by atomic mass is 10.1. The topological polar surface area (TPSA) is 68.0 Å². The zero-order chi connectivity index (χ0) is 15.0. The average Bonchev–Trinajstić information content (AvgIpc) is 3.22. The van der Waals surface area contributed by atoms with Gasteiger partial charge in [-0.3, -0.25) is 4.79 Å². The number of aliphatic carboxylic acids is 1. The molecular weight excluding hydrogens is 286 g/mol. The molecule has 0 aliphatic heterocycles. The first kappa shape index (κ1) is 14.4. The van der Waals surface area contributed by atoms with Crippen LogP contribution in [0, 0.1) is 18.8 Å². The molecule has 1 atom stereocenters. The Kier molecular flexibility index (Phi) is 3.89. The molecule has 0 saturated heterocycles. The summed E-state index contributed by atoms with van der Waals surface area (Å²) in [5.41, 5.74) is 2.67. The third kappa shape index (κ3) is 3.20. The third-order valence-corrected chi connectivity index (χ3v) is 4.88. The molecule has 0 amide bonds. The summed E-state index contributed by atoms with van der Waals surface area (Å²) < 4.78 is 2.10. The summed E-state index contributed by atoms with van der Waals surface area (Å²) in [4.78, 5) is 20.0. The second kappa shape index (κ2) is 5.67. The summed E-state index contributed by atoms with van der Waals surface area (Å²) in [6.45, 7) is 5.08. The number of nitrogens with zero attached hydrogens (tertiary/aromatic N) is 3. The van der Waals surface area contributed by atoms with E-state index in [0.29, 0.717) is 5.92 Å². The minimum absolute atomic E-state index is 0.0279. The van der Waals surface area contributed by atoms with Crippen molar-refractivity contribution >= 4 is 28.9 Å². The molecule has 0 aromatic carbocycles. The van der Waals surface area contributed by atoms with Crippen molar-refractivity contribution < 1.29 is 9.90 Å². The molecule has 112 valence electrons. The zero-order valence-corrected chi connectivity index (χ0v) is 13.1. The second-order valence-corrected chi connectivity index (χ2v) is 6.74. The molecule has 2 aromatic rings. The lowest BCUT2D eigenvalue weighted by Crippen LogP contribution is -2.11. The lowest BCUT2D eigenvalue weighted by molar-refractivity contribution is -0.133. The van der Waals surface area contributed by atoms with E-state index in [1.807, 2.05) is 19.1 Å². The molecule has 3 rings (SSSR count). The number of aryl methyl sites for hydroxylation is 1. The monoisotopic (exact) mass is 305 g/mol. The third-order valence-electron chi connectivity index (χ3n) is 3.92. The van der Waals surface area contributed by atoms with E-state index in [2.05, 4.69) is 21.5 Å². The first-order valence-electron chi connectivity index (χ1n) is 7.23. The SMILES string of the molecule is Cc1ccc2nc(SCC(=O)O)n(CC(C)C3CC3)c2n1. The molecule has 0 spiro atoms. The molecule has 1 aliphatic carbocycles. The highest BCUT2D eigenvalue weighted by molar-refractivity contribution is 7.99. The van der Waals surface area contributed by atoms with Crippen molar-refractivity contribution in [1.82, 2.24) is 14.5 Å². The number of carboxylic acids is 1. The Morgan fingerprint density at radius 2 is 2.24 bits per heavy atom. The fraction of sp³-hybridized carbons (Fsp3) is 0.533. The van der Waals surface area contributed by atoms with Crippen molar-refractivity contribution in [1.29, 1.82) is 0 Å². The maximum Gasteiger partial charge on any atom is 0.313 e. The van der Waals surface area contributed by atoms with E-state index in [9.17, 15) is 4.79 Å². The lowest BCUT2D eigenvalue weighted by Gasteiger charge is -2.13. The molecule has 1 N–H and O–H groups in total. The van der Waals surface area contributed by atoms with Gasteiger partial charge in [0.15, 0.2) is 10.8 Å². The van der Waals surface area contributed by atoms with E-state index in [0.717, 1.165) is 34.5 Å². The summed E-state index contributed by atoms with van der Waals surface area (Å²) in [5, 5.41) is 9.65. The maximum atomic E-state index is 10.8. The molecule has 1 fully saturated rings. The molecule has 0 bridgehead atoms. The molecular formula is C15H19N3O2S. The molecule has 1 saturated carbocycles. The molecule has 21 heavy (non-hydrogen) atoms. The molecule has 1 unspecified atom stereocenters. The quantitative estimate of drug-likeness (QED) is 0.831. The molecule has 5 nitrogen and oxygen atoms in total. The Balaban J connectivity index is 1.96. The van der Waals surface area contributed by atoms with Crippen molar-refractivity contribution in [2.24, 2.45) is 11.8 Å². The molecule has 2 aromatic heterocycles. The van der Waals surface area contributed by atoms with Crippen LogP contribution in [-0.4, -0.2) is 31.4 Å². The number of rotatable bonds is 6. The van der Waals surface area contributed by atoms with Crippen LogP contribution in [0.2, 0.25) is 0 Å². The van der Waals surface area contributed by atoms with E-state index < -0.39 is 5.97 Å². The van der Waals surface area contributed by atoms with E-state index in [-0.39, 0.29) is 5.75 Å². The fourth-order valence-corrected chi connectivity index (χ4v) is 3.31. The summed E-state index contributed by atoms with van der Waals surface area (Å²) in [6, 6.07) is 3.90. The van der Waals surface area contributed by atoms with Crippen molar-refractivity contribution in [2.75, 3.05) is 5.75 Å². The fourth-order valence-electron chi connectivity index (χ4n) is 2.58. The van der Waals surface area contributed by atoms with Gasteiger partial charge >= 0.3 is 5.97 Å². The number of carboxylic acid groups (broad SMARTS) is 1. The van der Waals surface area contributed by atoms with Crippen molar-refractivity contribution in [3.05, 3.63) is 17.8 Å². The standard InChI is InChI=1S/C15H19N3O2S/c1-9(11-4-5-11)7-18-14-12(6-3-10(2)16-14)17-15(18)21-8-13(19)20/h3,6,9,11H,4-5,7-8H2,1-2H3,(H,19,20). The van der Waals surface area contributed by atoms with Crippen LogP contribution in [0.25, 0.3) is 11.2 Å². The van der Waals surface area contributed by atoms with Crippen LogP contribution in [0.5, 0.6) is 0 Å². The predicted octanol–water partition coefficient (Wildman–Crippen LogP) is 2.96. The Hall–Kier alpha value is -1.56. The van der Waals surface area contributed by atoms with Gasteiger partial charge in [-0.15, -0.1) is 0 Å². The number of aromatic nitrogens is 3. The zero-order valence-electron chi connectivity index (χ0n) is 12.2. The Morgan fingerprint density at radius 3 is 2.90 bits per heavy atom. The molecule has 2 heterocycles. The number of thioether (sulfide) groups is 1. The highest BCUT2D eigenvalue weighted by Crippen LogP contribution is 2.38. The summed E-state index contributed by atoms with van der Waals surface area (Å²) in [6.07, 6.45) is 2.61. The minimum Gasteiger partial charge on any atom is -0.481 e. The number of carbonyl (C=O) groups is 1. The van der Waals surface area contributed by atoms with Crippen molar-refractivity contribution in [2.45, 2.75) is 38.4 Å². The van der Waals surface area contributed by atoms with Gasteiger partial charge in [0.1, 0.15) is 5.52 Å². The highest BCUT2D eigenvalue weighted by Gasteiger charge is 2.29. The number of pyridine rings is 1. The van der Waals surface area contributed by atoms with Gasteiger partial charge < -0.3 is 9.67 Å². The summed E-state index contributed by atoms with van der Waals surface area (Å²) in [7, 11) is 0. The number of fused-ring (bicyclic) bond motifs is 1. The minimum atomic E-state index is -0.821. The van der Waals surface area contributed by atoms with Gasteiger partial charge in [0.2, 0.25) is 0 Å². The number of hydrogen-bond acceptors (Lipinski definition) is 4. The molecule has 0 radical (unpaired) electrons. The smallest absolute Gasteiger partial charge is 0.313 e. The van der Waals surface area contributed by atoms with E-state index in [1.54, 1.807) is 0 Å². The van der Waals surface area contributed by atoms with Gasteiger partial charge in [-0.1, -0.05) is 18.7 Å². The number of imidazole rings is 1. The largest absolute Gasteiger partial charge is 0.481 e. The normalized spacial score (nSPS) is 16.3. The molecule has 6 heteroatoms. The second-order valence-electron chi connectivity index (χ2n) is 5.80. The first-order chi connectivity index (χ1) is 10.0.